The molecule has 1 heterocycles. The van der Waals surface area contributed by atoms with Crippen molar-refractivity contribution in [3.63, 3.8) is 0 Å². The van der Waals surface area contributed by atoms with E-state index in [2.05, 4.69) is 23.8 Å². The SMILES string of the molecule is C=C(OC(=C)c1ccc(NC(=O)c2cc3ccccc3o2)cc1)C(=O)NCC=O. The number of fused-ring (bicyclic) bond motifs is 1. The first-order valence-corrected chi connectivity index (χ1v) is 8.66. The molecule has 7 heteroatoms. The highest BCUT2D eigenvalue weighted by molar-refractivity contribution is 6.04. The molecule has 2 aromatic carbocycles. The van der Waals surface area contributed by atoms with Gasteiger partial charge in [0.15, 0.2) is 11.5 Å². The summed E-state index contributed by atoms with van der Waals surface area (Å²) in [5.74, 6) is -0.747. The van der Waals surface area contributed by atoms with Crippen LogP contribution in [0.1, 0.15) is 16.1 Å². The number of anilines is 1. The summed E-state index contributed by atoms with van der Waals surface area (Å²) in [6.45, 7) is 7.13. The molecule has 146 valence electrons. The molecule has 0 spiro atoms. The number of hydrogen-bond acceptors (Lipinski definition) is 5. The van der Waals surface area contributed by atoms with Crippen LogP contribution in [0.2, 0.25) is 0 Å². The lowest BCUT2D eigenvalue weighted by atomic mass is 10.2. The molecule has 3 rings (SSSR count). The van der Waals surface area contributed by atoms with Gasteiger partial charge in [-0.05, 0) is 36.4 Å². The van der Waals surface area contributed by atoms with Crippen LogP contribution in [0.25, 0.3) is 16.7 Å². The van der Waals surface area contributed by atoms with Crippen molar-refractivity contribution < 1.29 is 23.5 Å². The van der Waals surface area contributed by atoms with Crippen LogP contribution in [-0.4, -0.2) is 24.6 Å². The molecule has 0 atom stereocenters. The first-order valence-electron chi connectivity index (χ1n) is 8.66. The molecule has 29 heavy (non-hydrogen) atoms. The van der Waals surface area contributed by atoms with Crippen molar-refractivity contribution in [1.82, 2.24) is 5.32 Å². The third kappa shape index (κ3) is 4.78. The highest BCUT2D eigenvalue weighted by Crippen LogP contribution is 2.22. The van der Waals surface area contributed by atoms with E-state index in [9.17, 15) is 14.4 Å². The quantitative estimate of drug-likeness (QED) is 0.349. The Morgan fingerprint density at radius 3 is 2.48 bits per heavy atom. The van der Waals surface area contributed by atoms with E-state index in [1.165, 1.54) is 0 Å². The molecule has 0 aliphatic carbocycles. The minimum Gasteiger partial charge on any atom is -0.452 e. The lowest BCUT2D eigenvalue weighted by Crippen LogP contribution is -2.27. The van der Waals surface area contributed by atoms with E-state index in [4.69, 9.17) is 9.15 Å². The van der Waals surface area contributed by atoms with Crippen molar-refractivity contribution in [3.8, 4) is 0 Å². The Bertz CT molecular complexity index is 1060. The van der Waals surface area contributed by atoms with Crippen molar-refractivity contribution in [2.24, 2.45) is 0 Å². The Morgan fingerprint density at radius 2 is 1.79 bits per heavy atom. The van der Waals surface area contributed by atoms with Crippen LogP contribution < -0.4 is 10.6 Å². The van der Waals surface area contributed by atoms with Crippen LogP contribution in [0.15, 0.2) is 77.9 Å². The van der Waals surface area contributed by atoms with E-state index in [1.54, 1.807) is 36.4 Å². The van der Waals surface area contributed by atoms with Crippen LogP contribution in [0.5, 0.6) is 0 Å². The van der Waals surface area contributed by atoms with Crippen LogP contribution in [0.4, 0.5) is 5.69 Å². The van der Waals surface area contributed by atoms with Crippen LogP contribution >= 0.6 is 0 Å². The van der Waals surface area contributed by atoms with Crippen molar-refractivity contribution in [2.45, 2.75) is 0 Å². The average molecular weight is 390 g/mol. The summed E-state index contributed by atoms with van der Waals surface area (Å²) in [7, 11) is 0. The number of para-hydroxylation sites is 1. The van der Waals surface area contributed by atoms with E-state index in [1.807, 2.05) is 18.2 Å². The van der Waals surface area contributed by atoms with Crippen LogP contribution in [0, 0.1) is 0 Å². The van der Waals surface area contributed by atoms with E-state index >= 15 is 0 Å². The fourth-order valence-corrected chi connectivity index (χ4v) is 2.51. The normalized spacial score (nSPS) is 10.2. The van der Waals surface area contributed by atoms with Gasteiger partial charge < -0.3 is 24.6 Å². The van der Waals surface area contributed by atoms with Crippen molar-refractivity contribution in [1.29, 1.82) is 0 Å². The largest absolute Gasteiger partial charge is 0.452 e. The second-order valence-electron chi connectivity index (χ2n) is 6.01. The van der Waals surface area contributed by atoms with Crippen molar-refractivity contribution in [2.75, 3.05) is 11.9 Å². The van der Waals surface area contributed by atoms with Crippen LogP contribution in [-0.2, 0) is 14.3 Å². The number of nitrogens with one attached hydrogen (secondary N) is 2. The zero-order valence-corrected chi connectivity index (χ0v) is 15.4. The van der Waals surface area contributed by atoms with Crippen LogP contribution in [0.3, 0.4) is 0 Å². The third-order valence-corrected chi connectivity index (χ3v) is 3.96. The molecule has 0 unspecified atom stereocenters. The number of amides is 2. The molecule has 0 radical (unpaired) electrons. The molecule has 0 aliphatic rings. The molecule has 0 saturated carbocycles. The van der Waals surface area contributed by atoms with Crippen molar-refractivity contribution in [3.05, 3.63) is 84.8 Å². The second-order valence-corrected chi connectivity index (χ2v) is 6.01. The predicted molar refractivity (Wildman–Crippen MR) is 109 cm³/mol. The highest BCUT2D eigenvalue weighted by Gasteiger charge is 2.13. The summed E-state index contributed by atoms with van der Waals surface area (Å²) in [6.07, 6.45) is 0.554. The van der Waals surface area contributed by atoms with Gasteiger partial charge in [0.25, 0.3) is 11.8 Å². The van der Waals surface area contributed by atoms with Gasteiger partial charge >= 0.3 is 0 Å². The van der Waals surface area contributed by atoms with Gasteiger partial charge in [-0.15, -0.1) is 0 Å². The first-order chi connectivity index (χ1) is 14.0. The monoisotopic (exact) mass is 390 g/mol. The molecule has 2 N–H and O–H groups in total. The molecule has 7 nitrogen and oxygen atoms in total. The minimum absolute atomic E-state index is 0.132. The van der Waals surface area contributed by atoms with Gasteiger partial charge in [-0.3, -0.25) is 9.59 Å². The molecule has 2 amide bonds. The number of carbonyl (C=O) groups is 3. The maximum Gasteiger partial charge on any atom is 0.291 e. The van der Waals surface area contributed by atoms with E-state index in [0.717, 1.165) is 5.39 Å². The summed E-state index contributed by atoms with van der Waals surface area (Å²) < 4.78 is 10.8. The van der Waals surface area contributed by atoms with Gasteiger partial charge in [0.05, 0.1) is 6.54 Å². The molecule has 0 fully saturated rings. The summed E-state index contributed by atoms with van der Waals surface area (Å²) in [5.41, 5.74) is 1.78. The maximum atomic E-state index is 12.4. The number of ether oxygens (including phenoxy) is 1. The predicted octanol–water partition coefficient (Wildman–Crippen LogP) is 3.50. The smallest absolute Gasteiger partial charge is 0.291 e. The average Bonchev–Trinajstić information content (AvgIpc) is 3.17. The molecular weight excluding hydrogens is 372 g/mol. The number of hydrogen-bond donors (Lipinski definition) is 2. The van der Waals surface area contributed by atoms with Gasteiger partial charge in [0.2, 0.25) is 0 Å². The number of benzene rings is 2. The lowest BCUT2D eigenvalue weighted by Gasteiger charge is -2.11. The third-order valence-electron chi connectivity index (χ3n) is 3.96. The number of furan rings is 1. The topological polar surface area (TPSA) is 97.6 Å². The molecule has 3 aromatic rings. The molecular formula is C22H18N2O5. The summed E-state index contributed by atoms with van der Waals surface area (Å²) >= 11 is 0. The molecule has 1 aromatic heterocycles. The maximum absolute atomic E-state index is 12.4. The minimum atomic E-state index is -0.604. The zero-order valence-electron chi connectivity index (χ0n) is 15.4. The lowest BCUT2D eigenvalue weighted by molar-refractivity contribution is -0.121. The standard InChI is InChI=1S/C22H18N2O5/c1-14(28-15(2)21(26)23-11-12-25)16-7-9-18(10-8-16)24-22(27)20-13-17-5-3-4-6-19(17)29-20/h3-10,12-13H,1-2,11H2,(H,23,26)(H,24,27). The van der Waals surface area contributed by atoms with Gasteiger partial charge in [-0.2, -0.15) is 0 Å². The number of aldehydes is 1. The van der Waals surface area contributed by atoms with E-state index in [0.29, 0.717) is 23.1 Å². The van der Waals surface area contributed by atoms with E-state index < -0.39 is 5.91 Å². The fraction of sp³-hybridized carbons (Fsp3) is 0.0455. The Kier molecular flexibility index (Phi) is 5.89. The van der Waals surface area contributed by atoms with Gasteiger partial charge in [0.1, 0.15) is 17.6 Å². The Morgan fingerprint density at radius 1 is 1.07 bits per heavy atom. The van der Waals surface area contributed by atoms with Gasteiger partial charge in [-0.1, -0.05) is 31.4 Å². The van der Waals surface area contributed by atoms with Gasteiger partial charge in [0, 0.05) is 16.6 Å². The summed E-state index contributed by atoms with van der Waals surface area (Å²) in [6, 6.07) is 15.7. The Labute approximate surface area is 166 Å². The van der Waals surface area contributed by atoms with Crippen molar-refractivity contribution >= 4 is 40.5 Å². The zero-order chi connectivity index (χ0) is 20.8. The highest BCUT2D eigenvalue weighted by atomic mass is 16.5. The number of carbonyl (C=O) groups excluding carboxylic acids is 3. The molecule has 0 aliphatic heterocycles. The van der Waals surface area contributed by atoms with Gasteiger partial charge in [-0.25, -0.2) is 0 Å². The number of rotatable bonds is 8. The summed E-state index contributed by atoms with van der Waals surface area (Å²) in [4.78, 5) is 34.3. The summed E-state index contributed by atoms with van der Waals surface area (Å²) in [5, 5.41) is 5.91. The van der Waals surface area contributed by atoms with E-state index in [-0.39, 0.29) is 29.7 Å². The molecule has 0 saturated heterocycles. The molecule has 0 bridgehead atoms. The Balaban J connectivity index is 1.61. The Hall–Kier alpha value is -4.13. The second kappa shape index (κ2) is 8.71. The fourth-order valence-electron chi connectivity index (χ4n) is 2.51. The first kappa shape index (κ1) is 19.6.